The molecule has 0 aliphatic rings. The minimum atomic E-state index is -2.55. The molecule has 0 aromatic heterocycles. The maximum absolute atomic E-state index is 8.91. The van der Waals surface area contributed by atoms with Crippen molar-refractivity contribution in [1.29, 1.82) is 0 Å². The Morgan fingerprint density at radius 2 is 1.44 bits per heavy atom. The van der Waals surface area contributed by atoms with Crippen molar-refractivity contribution < 1.29 is 9.53 Å². The van der Waals surface area contributed by atoms with Crippen molar-refractivity contribution in [3.8, 4) is 11.8 Å². The summed E-state index contributed by atoms with van der Waals surface area (Å²) in [5.41, 5.74) is 2.15. The number of hydrogen-bond donors (Lipinski definition) is 1. The predicted molar refractivity (Wildman–Crippen MR) is 137 cm³/mol. The third kappa shape index (κ3) is 5.78. The van der Waals surface area contributed by atoms with Gasteiger partial charge in [-0.2, -0.15) is 0 Å². The molecule has 3 aromatic carbocycles. The zero-order chi connectivity index (χ0) is 22.9. The van der Waals surface area contributed by atoms with Crippen molar-refractivity contribution >= 4 is 18.7 Å². The molecule has 0 atom stereocenters. The number of unbranched alkanes of at least 4 members (excludes halogenated alkanes) is 2. The average molecular weight is 443 g/mol. The first-order chi connectivity index (χ1) is 15.5. The van der Waals surface area contributed by atoms with Crippen LogP contribution in [0.4, 0.5) is 0 Å². The molecule has 0 saturated heterocycles. The molecule has 32 heavy (non-hydrogen) atoms. The van der Waals surface area contributed by atoms with Gasteiger partial charge in [-0.15, -0.1) is 0 Å². The molecule has 2 nitrogen and oxygen atoms in total. The minimum Gasteiger partial charge on any atom is -0.403 e. The Morgan fingerprint density at radius 1 is 0.812 bits per heavy atom. The lowest BCUT2D eigenvalue weighted by Gasteiger charge is -2.43. The van der Waals surface area contributed by atoms with Crippen molar-refractivity contribution in [3.63, 3.8) is 0 Å². The highest BCUT2D eigenvalue weighted by molar-refractivity contribution is 6.99. The third-order valence-corrected chi connectivity index (χ3v) is 10.7. The maximum Gasteiger partial charge on any atom is 0.261 e. The molecule has 3 rings (SSSR count). The van der Waals surface area contributed by atoms with Gasteiger partial charge in [0, 0.05) is 18.6 Å². The van der Waals surface area contributed by atoms with Crippen molar-refractivity contribution in [3.05, 3.63) is 96.1 Å². The highest BCUT2D eigenvalue weighted by Crippen LogP contribution is 2.37. The lowest BCUT2D eigenvalue weighted by Crippen LogP contribution is -2.66. The molecule has 0 spiro atoms. The summed E-state index contributed by atoms with van der Waals surface area (Å²) in [6, 6.07) is 29.8. The molecular weight excluding hydrogens is 408 g/mol. The summed E-state index contributed by atoms with van der Waals surface area (Å²) in [4.78, 5) is 0. The molecular formula is C29H34O2Si. The molecule has 0 heterocycles. The van der Waals surface area contributed by atoms with Gasteiger partial charge < -0.3 is 9.53 Å². The van der Waals surface area contributed by atoms with Gasteiger partial charge in [-0.05, 0) is 45.9 Å². The summed E-state index contributed by atoms with van der Waals surface area (Å²) in [6.45, 7) is 7.68. The quantitative estimate of drug-likeness (QED) is 0.292. The summed E-state index contributed by atoms with van der Waals surface area (Å²) in [5, 5.41) is 11.4. The van der Waals surface area contributed by atoms with Gasteiger partial charge in [0.05, 0.1) is 6.61 Å². The predicted octanol–water partition coefficient (Wildman–Crippen LogP) is 5.28. The second-order valence-corrected chi connectivity index (χ2v) is 13.4. The Kier molecular flexibility index (Phi) is 8.47. The van der Waals surface area contributed by atoms with Crippen LogP contribution in [0.3, 0.4) is 0 Å². The fourth-order valence-corrected chi connectivity index (χ4v) is 8.72. The molecule has 0 radical (unpaired) electrons. The van der Waals surface area contributed by atoms with Gasteiger partial charge in [0.15, 0.2) is 0 Å². The molecule has 3 heteroatoms. The lowest BCUT2D eigenvalue weighted by molar-refractivity contribution is 0.285. The van der Waals surface area contributed by atoms with E-state index in [-0.39, 0.29) is 11.6 Å². The summed E-state index contributed by atoms with van der Waals surface area (Å²) < 4.78 is 7.03. The molecule has 0 bridgehead atoms. The standard InChI is InChI=1S/C29H34O2Si/c1-29(2,3)32(27-18-9-6-10-19-27,28-20-11-7-12-21-28)31-24-26-17-14-16-25(23-26)15-8-4-5-13-22-30/h6-7,9-12,14,16-21,23,30H,4-5,13,22,24H2,1-3H3. The van der Waals surface area contributed by atoms with E-state index in [9.17, 15) is 0 Å². The van der Waals surface area contributed by atoms with Gasteiger partial charge >= 0.3 is 0 Å². The fourth-order valence-electron chi connectivity index (χ4n) is 4.18. The fraction of sp³-hybridized carbons (Fsp3) is 0.310. The Labute approximate surface area is 194 Å². The number of benzene rings is 3. The molecule has 0 aliphatic carbocycles. The number of hydrogen-bond acceptors (Lipinski definition) is 2. The van der Waals surface area contributed by atoms with E-state index in [1.165, 1.54) is 10.4 Å². The second-order valence-electron chi connectivity index (χ2n) is 9.13. The van der Waals surface area contributed by atoms with Gasteiger partial charge in [-0.3, -0.25) is 0 Å². The van der Waals surface area contributed by atoms with Crippen molar-refractivity contribution in [2.24, 2.45) is 0 Å². The van der Waals surface area contributed by atoms with Crippen LogP contribution in [0.5, 0.6) is 0 Å². The first-order valence-electron chi connectivity index (χ1n) is 11.4. The van der Waals surface area contributed by atoms with Gasteiger partial charge in [-0.25, -0.2) is 0 Å². The summed E-state index contributed by atoms with van der Waals surface area (Å²) in [6.07, 6.45) is 2.55. The van der Waals surface area contributed by atoms with E-state index in [0.717, 1.165) is 30.4 Å². The second kappa shape index (κ2) is 11.3. The van der Waals surface area contributed by atoms with E-state index in [1.54, 1.807) is 0 Å². The SMILES string of the molecule is CC(C)(C)[Si](OCc1cccc(C#CCCCCO)c1)(c1ccccc1)c1ccccc1. The Hall–Kier alpha value is -2.64. The molecule has 1 N–H and O–H groups in total. The van der Waals surface area contributed by atoms with Crippen LogP contribution in [0.1, 0.15) is 51.2 Å². The average Bonchev–Trinajstić information content (AvgIpc) is 2.80. The summed E-state index contributed by atoms with van der Waals surface area (Å²) in [5.74, 6) is 6.48. The maximum atomic E-state index is 8.91. The van der Waals surface area contributed by atoms with Crippen LogP contribution in [0, 0.1) is 11.8 Å². The number of rotatable bonds is 8. The van der Waals surface area contributed by atoms with Crippen molar-refractivity contribution in [2.45, 2.75) is 51.7 Å². The molecule has 0 saturated carbocycles. The zero-order valence-electron chi connectivity index (χ0n) is 19.5. The van der Waals surface area contributed by atoms with Gasteiger partial charge in [-0.1, -0.05) is 105 Å². The Balaban J connectivity index is 1.91. The minimum absolute atomic E-state index is 0.0418. The smallest absolute Gasteiger partial charge is 0.261 e. The zero-order valence-corrected chi connectivity index (χ0v) is 20.5. The van der Waals surface area contributed by atoms with Crippen LogP contribution >= 0.6 is 0 Å². The summed E-state index contributed by atoms with van der Waals surface area (Å²) >= 11 is 0. The molecule has 0 unspecified atom stereocenters. The Bertz CT molecular complexity index is 988. The molecule has 166 valence electrons. The van der Waals surface area contributed by atoms with E-state index >= 15 is 0 Å². The first-order valence-corrected chi connectivity index (χ1v) is 13.3. The largest absolute Gasteiger partial charge is 0.403 e. The highest BCUT2D eigenvalue weighted by atomic mass is 28.4. The highest BCUT2D eigenvalue weighted by Gasteiger charge is 2.50. The molecule has 0 fully saturated rings. The van der Waals surface area contributed by atoms with E-state index < -0.39 is 8.32 Å². The van der Waals surface area contributed by atoms with E-state index in [0.29, 0.717) is 6.61 Å². The first kappa shape index (κ1) is 24.0. The van der Waals surface area contributed by atoms with E-state index in [4.69, 9.17) is 9.53 Å². The molecule has 0 aliphatic heterocycles. The van der Waals surface area contributed by atoms with Crippen LogP contribution in [0.15, 0.2) is 84.9 Å². The summed E-state index contributed by atoms with van der Waals surface area (Å²) in [7, 11) is -2.55. The third-order valence-electron chi connectivity index (χ3n) is 5.74. The normalized spacial score (nSPS) is 11.6. The Morgan fingerprint density at radius 3 is 2.00 bits per heavy atom. The number of aliphatic hydroxyl groups is 1. The van der Waals surface area contributed by atoms with Crippen LogP contribution in [-0.2, 0) is 11.0 Å². The van der Waals surface area contributed by atoms with Gasteiger partial charge in [0.2, 0.25) is 0 Å². The lowest BCUT2D eigenvalue weighted by atomic mass is 10.1. The number of aliphatic hydroxyl groups excluding tert-OH is 1. The van der Waals surface area contributed by atoms with Crippen molar-refractivity contribution in [1.82, 2.24) is 0 Å². The molecule has 0 amide bonds. The van der Waals surface area contributed by atoms with Crippen LogP contribution in [0.25, 0.3) is 0 Å². The van der Waals surface area contributed by atoms with E-state index in [1.807, 2.05) is 6.07 Å². The van der Waals surface area contributed by atoms with Crippen molar-refractivity contribution in [2.75, 3.05) is 6.61 Å². The van der Waals surface area contributed by atoms with Crippen LogP contribution in [0.2, 0.25) is 5.04 Å². The van der Waals surface area contributed by atoms with Crippen LogP contribution < -0.4 is 10.4 Å². The molecule has 3 aromatic rings. The monoisotopic (exact) mass is 442 g/mol. The van der Waals surface area contributed by atoms with Gasteiger partial charge in [0.1, 0.15) is 0 Å². The van der Waals surface area contributed by atoms with Crippen LogP contribution in [-0.4, -0.2) is 20.0 Å². The van der Waals surface area contributed by atoms with Gasteiger partial charge in [0.25, 0.3) is 8.32 Å². The topological polar surface area (TPSA) is 29.5 Å². The van der Waals surface area contributed by atoms with E-state index in [2.05, 4.69) is 111 Å².